The maximum atomic E-state index is 12.9. The van der Waals surface area contributed by atoms with E-state index in [1.807, 2.05) is 78.9 Å². The second-order valence-corrected chi connectivity index (χ2v) is 6.56. The molecular weight excluding hydrogens is 336 g/mol. The molecule has 0 aromatic heterocycles. The molecule has 3 aromatic rings. The molecule has 4 nitrogen and oxygen atoms in total. The third-order valence-corrected chi connectivity index (χ3v) is 4.75. The minimum atomic E-state index is -0.167. The molecule has 1 aliphatic rings. The molecule has 3 aromatic carbocycles. The second-order valence-electron chi connectivity index (χ2n) is 6.56. The summed E-state index contributed by atoms with van der Waals surface area (Å²) in [6.45, 7) is 0.729. The maximum Gasteiger partial charge on any atom is 0.256 e. The van der Waals surface area contributed by atoms with E-state index in [0.717, 1.165) is 29.8 Å². The zero-order chi connectivity index (χ0) is 18.6. The van der Waals surface area contributed by atoms with E-state index in [4.69, 9.17) is 0 Å². The van der Waals surface area contributed by atoms with Crippen molar-refractivity contribution in [1.29, 1.82) is 0 Å². The van der Waals surface area contributed by atoms with E-state index < -0.39 is 0 Å². The van der Waals surface area contributed by atoms with Gasteiger partial charge in [0.2, 0.25) is 5.91 Å². The number of anilines is 2. The molecule has 1 N–H and O–H groups in total. The van der Waals surface area contributed by atoms with E-state index in [1.165, 1.54) is 0 Å². The van der Waals surface area contributed by atoms with Gasteiger partial charge in [0, 0.05) is 29.9 Å². The molecule has 2 amide bonds. The molecule has 134 valence electrons. The fourth-order valence-corrected chi connectivity index (χ4v) is 3.42. The van der Waals surface area contributed by atoms with Gasteiger partial charge in [0.1, 0.15) is 0 Å². The largest absolute Gasteiger partial charge is 0.322 e. The molecule has 0 radical (unpaired) electrons. The first-order chi connectivity index (χ1) is 13.2. The highest BCUT2D eigenvalue weighted by Crippen LogP contribution is 2.27. The molecule has 0 unspecified atom stereocenters. The normalized spacial score (nSPS) is 13.6. The van der Waals surface area contributed by atoms with Crippen LogP contribution in [-0.4, -0.2) is 18.4 Å². The van der Waals surface area contributed by atoms with Crippen molar-refractivity contribution in [3.8, 4) is 11.1 Å². The Bertz CT molecular complexity index is 982. The zero-order valence-corrected chi connectivity index (χ0v) is 14.9. The molecule has 1 aliphatic heterocycles. The van der Waals surface area contributed by atoms with Crippen LogP contribution in [-0.2, 0) is 4.79 Å². The predicted molar refractivity (Wildman–Crippen MR) is 108 cm³/mol. The number of carbonyl (C=O) groups excluding carboxylic acids is 2. The molecule has 0 saturated carbocycles. The molecule has 27 heavy (non-hydrogen) atoms. The highest BCUT2D eigenvalue weighted by molar-refractivity contribution is 6.09. The molecule has 0 spiro atoms. The highest BCUT2D eigenvalue weighted by Gasteiger charge is 2.22. The standard InChI is InChI=1S/C23H20N2O2/c26-22-14-7-15-25(22)19-11-6-10-18(16-19)24-23(27)21-13-5-4-12-20(21)17-8-2-1-3-9-17/h1-6,8-13,16H,7,14-15H2,(H,24,27). The Morgan fingerprint density at radius 3 is 2.44 bits per heavy atom. The summed E-state index contributed by atoms with van der Waals surface area (Å²) in [6, 6.07) is 24.9. The van der Waals surface area contributed by atoms with Crippen LogP contribution in [0.1, 0.15) is 23.2 Å². The average Bonchev–Trinajstić information content (AvgIpc) is 3.15. The summed E-state index contributed by atoms with van der Waals surface area (Å²) in [4.78, 5) is 26.7. The number of rotatable bonds is 4. The van der Waals surface area contributed by atoms with E-state index in [1.54, 1.807) is 4.90 Å². The predicted octanol–water partition coefficient (Wildman–Crippen LogP) is 4.73. The van der Waals surface area contributed by atoms with Gasteiger partial charge in [-0.1, -0.05) is 54.6 Å². The van der Waals surface area contributed by atoms with Crippen molar-refractivity contribution in [2.45, 2.75) is 12.8 Å². The van der Waals surface area contributed by atoms with Crippen molar-refractivity contribution in [1.82, 2.24) is 0 Å². The third-order valence-electron chi connectivity index (χ3n) is 4.75. The summed E-state index contributed by atoms with van der Waals surface area (Å²) in [5.41, 5.74) is 4.01. The van der Waals surface area contributed by atoms with Crippen molar-refractivity contribution in [2.75, 3.05) is 16.8 Å². The van der Waals surface area contributed by atoms with Gasteiger partial charge in [0.05, 0.1) is 0 Å². The summed E-state index contributed by atoms with van der Waals surface area (Å²) in [7, 11) is 0. The number of benzene rings is 3. The van der Waals surface area contributed by atoms with E-state index in [2.05, 4.69) is 5.32 Å². The van der Waals surface area contributed by atoms with Gasteiger partial charge in [-0.25, -0.2) is 0 Å². The molecule has 4 rings (SSSR count). The smallest absolute Gasteiger partial charge is 0.256 e. The first-order valence-corrected chi connectivity index (χ1v) is 9.08. The second kappa shape index (κ2) is 7.46. The van der Waals surface area contributed by atoms with Crippen molar-refractivity contribution in [3.63, 3.8) is 0 Å². The van der Waals surface area contributed by atoms with Crippen LogP contribution in [0, 0.1) is 0 Å². The van der Waals surface area contributed by atoms with Gasteiger partial charge in [-0.2, -0.15) is 0 Å². The third kappa shape index (κ3) is 3.60. The van der Waals surface area contributed by atoms with Crippen LogP contribution in [0.5, 0.6) is 0 Å². The zero-order valence-electron chi connectivity index (χ0n) is 14.9. The quantitative estimate of drug-likeness (QED) is 0.734. The Morgan fingerprint density at radius 2 is 1.67 bits per heavy atom. The summed E-state index contributed by atoms with van der Waals surface area (Å²) in [5.74, 6) is -0.0350. The van der Waals surface area contributed by atoms with Crippen LogP contribution in [0.3, 0.4) is 0 Å². The van der Waals surface area contributed by atoms with E-state index in [-0.39, 0.29) is 11.8 Å². The first-order valence-electron chi connectivity index (χ1n) is 9.08. The maximum absolute atomic E-state index is 12.9. The van der Waals surface area contributed by atoms with Crippen LogP contribution in [0.15, 0.2) is 78.9 Å². The lowest BCUT2D eigenvalue weighted by Gasteiger charge is -2.17. The van der Waals surface area contributed by atoms with E-state index in [9.17, 15) is 9.59 Å². The van der Waals surface area contributed by atoms with Crippen molar-refractivity contribution < 1.29 is 9.59 Å². The van der Waals surface area contributed by atoms with Crippen LogP contribution in [0.25, 0.3) is 11.1 Å². The van der Waals surface area contributed by atoms with Gasteiger partial charge in [-0.15, -0.1) is 0 Å². The lowest BCUT2D eigenvalue weighted by Crippen LogP contribution is -2.23. The van der Waals surface area contributed by atoms with E-state index in [0.29, 0.717) is 17.7 Å². The fraction of sp³-hybridized carbons (Fsp3) is 0.130. The Morgan fingerprint density at radius 1 is 0.889 bits per heavy atom. The Kier molecular flexibility index (Phi) is 4.71. The van der Waals surface area contributed by atoms with Gasteiger partial charge in [-0.05, 0) is 41.8 Å². The number of hydrogen-bond acceptors (Lipinski definition) is 2. The molecule has 0 bridgehead atoms. The van der Waals surface area contributed by atoms with E-state index >= 15 is 0 Å². The lowest BCUT2D eigenvalue weighted by molar-refractivity contribution is -0.117. The Labute approximate surface area is 158 Å². The summed E-state index contributed by atoms with van der Waals surface area (Å²) in [6.07, 6.45) is 1.46. The molecular formula is C23H20N2O2. The Balaban J connectivity index is 1.60. The monoisotopic (exact) mass is 356 g/mol. The lowest BCUT2D eigenvalue weighted by atomic mass is 9.99. The number of nitrogens with one attached hydrogen (secondary N) is 1. The van der Waals surface area contributed by atoms with Crippen LogP contribution in [0.4, 0.5) is 11.4 Å². The summed E-state index contributed by atoms with van der Waals surface area (Å²) in [5, 5.41) is 2.97. The summed E-state index contributed by atoms with van der Waals surface area (Å²) < 4.78 is 0. The minimum Gasteiger partial charge on any atom is -0.322 e. The van der Waals surface area contributed by atoms with Crippen molar-refractivity contribution in [2.24, 2.45) is 0 Å². The molecule has 1 fully saturated rings. The van der Waals surface area contributed by atoms with Crippen molar-refractivity contribution >= 4 is 23.2 Å². The number of amides is 2. The molecule has 0 atom stereocenters. The number of nitrogens with zero attached hydrogens (tertiary/aromatic N) is 1. The van der Waals surface area contributed by atoms with Crippen molar-refractivity contribution in [3.05, 3.63) is 84.4 Å². The Hall–Kier alpha value is -3.40. The highest BCUT2D eigenvalue weighted by atomic mass is 16.2. The molecule has 0 aliphatic carbocycles. The number of hydrogen-bond donors (Lipinski definition) is 1. The van der Waals surface area contributed by atoms with Gasteiger partial charge in [0.15, 0.2) is 0 Å². The minimum absolute atomic E-state index is 0.132. The fourth-order valence-electron chi connectivity index (χ4n) is 3.42. The number of carbonyl (C=O) groups is 2. The molecule has 1 saturated heterocycles. The van der Waals surface area contributed by atoms with Crippen LogP contribution < -0.4 is 10.2 Å². The SMILES string of the molecule is O=C(Nc1cccc(N2CCCC2=O)c1)c1ccccc1-c1ccccc1. The molecule has 1 heterocycles. The van der Waals surface area contributed by atoms with Gasteiger partial charge < -0.3 is 10.2 Å². The first kappa shape index (κ1) is 17.0. The summed E-state index contributed by atoms with van der Waals surface area (Å²) >= 11 is 0. The topological polar surface area (TPSA) is 49.4 Å². The average molecular weight is 356 g/mol. The van der Waals surface area contributed by atoms with Crippen LogP contribution in [0.2, 0.25) is 0 Å². The van der Waals surface area contributed by atoms with Gasteiger partial charge in [-0.3, -0.25) is 9.59 Å². The van der Waals surface area contributed by atoms with Gasteiger partial charge >= 0.3 is 0 Å². The van der Waals surface area contributed by atoms with Crippen LogP contribution >= 0.6 is 0 Å². The molecule has 4 heteroatoms. The van der Waals surface area contributed by atoms with Gasteiger partial charge in [0.25, 0.3) is 5.91 Å².